The second-order valence-corrected chi connectivity index (χ2v) is 6.66. The number of carbonyl (C=O) groups excluding carboxylic acids is 1. The Bertz CT molecular complexity index is 666. The molecule has 1 aliphatic carbocycles. The molecule has 0 unspecified atom stereocenters. The van der Waals surface area contributed by atoms with Gasteiger partial charge in [0, 0.05) is 29.1 Å². The molecule has 0 atom stereocenters. The third kappa shape index (κ3) is 2.63. The van der Waals surface area contributed by atoms with Crippen molar-refractivity contribution in [2.75, 3.05) is 0 Å². The summed E-state index contributed by atoms with van der Waals surface area (Å²) in [4.78, 5) is 11.7. The number of hydrogen-bond donors (Lipinski definition) is 2. The van der Waals surface area contributed by atoms with Crippen molar-refractivity contribution in [1.82, 2.24) is 9.99 Å². The van der Waals surface area contributed by atoms with Crippen molar-refractivity contribution < 1.29 is 4.79 Å². The fraction of sp³-hybridized carbons (Fsp3) is 0.500. The molecule has 0 aliphatic heterocycles. The van der Waals surface area contributed by atoms with Gasteiger partial charge in [-0.15, -0.1) is 0 Å². The number of hydrazine groups is 1. The molecular formula is C18H25N3O. The fourth-order valence-corrected chi connectivity index (χ4v) is 3.77. The quantitative estimate of drug-likeness (QED) is 0.518. The summed E-state index contributed by atoms with van der Waals surface area (Å²) in [7, 11) is 0. The van der Waals surface area contributed by atoms with Gasteiger partial charge in [0.2, 0.25) is 5.91 Å². The predicted molar refractivity (Wildman–Crippen MR) is 89.4 cm³/mol. The zero-order chi connectivity index (χ0) is 15.7. The summed E-state index contributed by atoms with van der Waals surface area (Å²) in [6.45, 7) is 4.44. The Kier molecular flexibility index (Phi) is 4.21. The molecule has 0 spiro atoms. The number of carbonyl (C=O) groups is 1. The van der Waals surface area contributed by atoms with Gasteiger partial charge in [0.25, 0.3) is 0 Å². The van der Waals surface area contributed by atoms with Crippen molar-refractivity contribution in [3.8, 4) is 0 Å². The van der Waals surface area contributed by atoms with Crippen LogP contribution >= 0.6 is 0 Å². The zero-order valence-corrected chi connectivity index (χ0v) is 13.4. The molecule has 118 valence electrons. The van der Waals surface area contributed by atoms with Gasteiger partial charge in [0.05, 0.1) is 0 Å². The molecule has 1 aromatic carbocycles. The molecule has 3 rings (SSSR count). The number of nitrogens with two attached hydrogens (primary N) is 1. The number of nitrogens with zero attached hydrogens (tertiary/aromatic N) is 1. The molecule has 1 saturated carbocycles. The lowest BCUT2D eigenvalue weighted by Gasteiger charge is -2.27. The van der Waals surface area contributed by atoms with E-state index in [0.717, 1.165) is 25.7 Å². The largest absolute Gasteiger partial charge is 0.345 e. The van der Waals surface area contributed by atoms with Gasteiger partial charge < -0.3 is 4.57 Å². The average Bonchev–Trinajstić information content (AvgIpc) is 2.94. The minimum atomic E-state index is -0.0111. The molecule has 0 bridgehead atoms. The Hall–Kier alpha value is -1.81. The number of benzene rings is 1. The van der Waals surface area contributed by atoms with E-state index in [1.54, 1.807) is 0 Å². The van der Waals surface area contributed by atoms with Crippen LogP contribution in [0.3, 0.4) is 0 Å². The van der Waals surface area contributed by atoms with Crippen molar-refractivity contribution in [1.29, 1.82) is 0 Å². The molecule has 0 radical (unpaired) electrons. The highest BCUT2D eigenvalue weighted by molar-refractivity contribution is 5.85. The average molecular weight is 299 g/mol. The van der Waals surface area contributed by atoms with Crippen molar-refractivity contribution in [2.45, 2.75) is 51.5 Å². The Labute approximate surface area is 131 Å². The van der Waals surface area contributed by atoms with E-state index in [1.165, 1.54) is 16.5 Å². The van der Waals surface area contributed by atoms with Crippen LogP contribution in [0.1, 0.15) is 57.1 Å². The third-order valence-electron chi connectivity index (χ3n) is 5.01. The maximum Gasteiger partial charge on any atom is 0.236 e. The van der Waals surface area contributed by atoms with E-state index in [2.05, 4.69) is 54.3 Å². The third-order valence-corrected chi connectivity index (χ3v) is 5.01. The first kappa shape index (κ1) is 15.1. The molecule has 1 fully saturated rings. The van der Waals surface area contributed by atoms with Gasteiger partial charge in [0.1, 0.15) is 0 Å². The summed E-state index contributed by atoms with van der Waals surface area (Å²) in [5, 5.41) is 1.36. The lowest BCUT2D eigenvalue weighted by Crippen LogP contribution is -2.37. The number of hydrogen-bond acceptors (Lipinski definition) is 2. The molecule has 1 aromatic heterocycles. The van der Waals surface area contributed by atoms with Gasteiger partial charge in [-0.3, -0.25) is 10.2 Å². The number of aromatic nitrogens is 1. The second kappa shape index (κ2) is 6.13. The fourth-order valence-electron chi connectivity index (χ4n) is 3.77. The smallest absolute Gasteiger partial charge is 0.236 e. The number of amides is 1. The Morgan fingerprint density at radius 2 is 1.91 bits per heavy atom. The molecule has 4 heteroatoms. The van der Waals surface area contributed by atoms with Crippen LogP contribution in [0.15, 0.2) is 30.5 Å². The molecule has 2 aromatic rings. The minimum Gasteiger partial charge on any atom is -0.345 e. The molecule has 1 aliphatic rings. The van der Waals surface area contributed by atoms with Gasteiger partial charge in [-0.1, -0.05) is 18.2 Å². The lowest BCUT2D eigenvalue weighted by molar-refractivity contribution is -0.126. The van der Waals surface area contributed by atoms with Crippen LogP contribution in [0.4, 0.5) is 0 Å². The lowest BCUT2D eigenvalue weighted by atomic mass is 9.78. The Morgan fingerprint density at radius 3 is 2.55 bits per heavy atom. The first-order valence-corrected chi connectivity index (χ1v) is 8.21. The zero-order valence-electron chi connectivity index (χ0n) is 13.4. The van der Waals surface area contributed by atoms with E-state index in [-0.39, 0.29) is 11.8 Å². The molecule has 0 saturated heterocycles. The molecule has 22 heavy (non-hydrogen) atoms. The summed E-state index contributed by atoms with van der Waals surface area (Å²) >= 11 is 0. The van der Waals surface area contributed by atoms with E-state index >= 15 is 0 Å². The monoisotopic (exact) mass is 299 g/mol. The first-order chi connectivity index (χ1) is 10.6. The van der Waals surface area contributed by atoms with Gasteiger partial charge in [-0.05, 0) is 57.1 Å². The topological polar surface area (TPSA) is 60.0 Å². The Balaban J connectivity index is 1.87. The van der Waals surface area contributed by atoms with Crippen LogP contribution < -0.4 is 11.3 Å². The molecule has 4 nitrogen and oxygen atoms in total. The normalized spacial score (nSPS) is 22.2. The number of fused-ring (bicyclic) bond motifs is 1. The van der Waals surface area contributed by atoms with E-state index in [0.29, 0.717) is 12.0 Å². The summed E-state index contributed by atoms with van der Waals surface area (Å²) in [5.41, 5.74) is 5.05. The highest BCUT2D eigenvalue weighted by Crippen LogP contribution is 2.40. The van der Waals surface area contributed by atoms with Crippen LogP contribution in [0.25, 0.3) is 10.9 Å². The van der Waals surface area contributed by atoms with Crippen LogP contribution in [-0.2, 0) is 4.79 Å². The number of para-hydroxylation sites is 1. The summed E-state index contributed by atoms with van der Waals surface area (Å²) < 4.78 is 2.36. The van der Waals surface area contributed by atoms with E-state index < -0.39 is 0 Å². The van der Waals surface area contributed by atoms with Crippen molar-refractivity contribution >= 4 is 16.8 Å². The second-order valence-electron chi connectivity index (χ2n) is 6.66. The maximum atomic E-state index is 11.7. The van der Waals surface area contributed by atoms with Gasteiger partial charge >= 0.3 is 0 Å². The van der Waals surface area contributed by atoms with E-state index in [1.807, 2.05) is 0 Å². The van der Waals surface area contributed by atoms with Crippen LogP contribution in [-0.4, -0.2) is 10.5 Å². The van der Waals surface area contributed by atoms with E-state index in [9.17, 15) is 4.79 Å². The highest BCUT2D eigenvalue weighted by atomic mass is 16.2. The molecule has 1 amide bonds. The molecular weight excluding hydrogens is 274 g/mol. The van der Waals surface area contributed by atoms with Gasteiger partial charge in [-0.2, -0.15) is 0 Å². The number of rotatable bonds is 3. The number of nitrogens with one attached hydrogen (secondary N) is 1. The van der Waals surface area contributed by atoms with Gasteiger partial charge in [0.15, 0.2) is 0 Å². The maximum absolute atomic E-state index is 11.7. The standard InChI is InChI=1S/C18H25N3O/c1-12(2)21-11-16(15-5-3-4-6-17(15)21)13-7-9-14(10-8-13)18(22)20-19/h3-6,11-14H,7-10,19H2,1-2H3,(H,20,22). The summed E-state index contributed by atoms with van der Waals surface area (Å²) in [6.07, 6.45) is 6.29. The van der Waals surface area contributed by atoms with Crippen molar-refractivity contribution in [3.63, 3.8) is 0 Å². The molecule has 1 heterocycles. The van der Waals surface area contributed by atoms with Crippen molar-refractivity contribution in [3.05, 3.63) is 36.0 Å². The van der Waals surface area contributed by atoms with Crippen LogP contribution in [0, 0.1) is 5.92 Å². The highest BCUT2D eigenvalue weighted by Gasteiger charge is 2.28. The SMILES string of the molecule is CC(C)n1cc(C2CCC(C(=O)NN)CC2)c2ccccc21. The van der Waals surface area contributed by atoms with Crippen LogP contribution in [0.2, 0.25) is 0 Å². The minimum absolute atomic E-state index is 0.0111. The summed E-state index contributed by atoms with van der Waals surface area (Å²) in [5.74, 6) is 5.88. The van der Waals surface area contributed by atoms with Crippen molar-refractivity contribution in [2.24, 2.45) is 11.8 Å². The predicted octanol–water partition coefficient (Wildman–Crippen LogP) is 3.49. The van der Waals surface area contributed by atoms with Crippen LogP contribution in [0.5, 0.6) is 0 Å². The van der Waals surface area contributed by atoms with Gasteiger partial charge in [-0.25, -0.2) is 5.84 Å². The Morgan fingerprint density at radius 1 is 1.23 bits per heavy atom. The summed E-state index contributed by atoms with van der Waals surface area (Å²) in [6, 6.07) is 9.10. The first-order valence-electron chi connectivity index (χ1n) is 8.21. The molecule has 3 N–H and O–H groups in total. The van der Waals surface area contributed by atoms with E-state index in [4.69, 9.17) is 5.84 Å².